The third kappa shape index (κ3) is 2.89. The summed E-state index contributed by atoms with van der Waals surface area (Å²) in [7, 11) is 0. The van der Waals surface area contributed by atoms with Crippen LogP contribution in [0.4, 0.5) is 0 Å². The van der Waals surface area contributed by atoms with Crippen LogP contribution in [0.5, 0.6) is 0 Å². The van der Waals surface area contributed by atoms with Gasteiger partial charge >= 0.3 is 5.97 Å². The minimum atomic E-state index is -0.892. The third-order valence-corrected chi connectivity index (χ3v) is 2.21. The van der Waals surface area contributed by atoms with Crippen LogP contribution in [0.15, 0.2) is 0 Å². The van der Waals surface area contributed by atoms with Crippen LogP contribution >= 0.6 is 0 Å². The first-order chi connectivity index (χ1) is 6.09. The van der Waals surface area contributed by atoms with Gasteiger partial charge in [-0.1, -0.05) is 6.42 Å². The average Bonchev–Trinajstić information content (AvgIpc) is 2.03. The van der Waals surface area contributed by atoms with E-state index < -0.39 is 23.1 Å². The SMILES string of the molecule is O=C(O)C1CCCC(O[N+](=O)[O-])C1. The highest BCUT2D eigenvalue weighted by Gasteiger charge is 2.28. The molecule has 0 heterocycles. The van der Waals surface area contributed by atoms with Crippen molar-refractivity contribution >= 4 is 5.97 Å². The number of hydrogen-bond donors (Lipinski definition) is 1. The van der Waals surface area contributed by atoms with E-state index in [1.807, 2.05) is 0 Å². The average molecular weight is 189 g/mol. The molecule has 6 heteroatoms. The standard InChI is InChI=1S/C7H11NO5/c9-7(10)5-2-1-3-6(4-5)13-8(11)12/h5-6H,1-4H2,(H,9,10). The van der Waals surface area contributed by atoms with Gasteiger partial charge in [0.1, 0.15) is 6.10 Å². The van der Waals surface area contributed by atoms with E-state index in [0.717, 1.165) is 0 Å². The highest BCUT2D eigenvalue weighted by Crippen LogP contribution is 2.26. The summed E-state index contributed by atoms with van der Waals surface area (Å²) in [5, 5.41) is 17.8. The minimum Gasteiger partial charge on any atom is -0.481 e. The zero-order valence-corrected chi connectivity index (χ0v) is 7.01. The van der Waals surface area contributed by atoms with E-state index in [4.69, 9.17) is 5.11 Å². The first-order valence-corrected chi connectivity index (χ1v) is 4.13. The Morgan fingerprint density at radius 1 is 1.54 bits per heavy atom. The van der Waals surface area contributed by atoms with Gasteiger partial charge in [-0.15, -0.1) is 10.1 Å². The molecule has 1 aliphatic carbocycles. The van der Waals surface area contributed by atoms with Crippen molar-refractivity contribution in [1.29, 1.82) is 0 Å². The normalized spacial score (nSPS) is 28.0. The van der Waals surface area contributed by atoms with Gasteiger partial charge in [0, 0.05) is 0 Å². The fourth-order valence-electron chi connectivity index (χ4n) is 1.59. The number of nitrogens with zero attached hydrogens (tertiary/aromatic N) is 1. The number of carboxylic acid groups (broad SMARTS) is 1. The quantitative estimate of drug-likeness (QED) is 0.524. The minimum absolute atomic E-state index is 0.246. The molecule has 0 saturated heterocycles. The first-order valence-electron chi connectivity index (χ1n) is 4.13. The molecular weight excluding hydrogens is 178 g/mol. The summed E-state index contributed by atoms with van der Waals surface area (Å²) in [6, 6.07) is 0. The second-order valence-corrected chi connectivity index (χ2v) is 3.15. The molecule has 1 saturated carbocycles. The van der Waals surface area contributed by atoms with Gasteiger partial charge in [0.05, 0.1) is 5.92 Å². The maximum atomic E-state index is 10.6. The smallest absolute Gasteiger partial charge is 0.306 e. The fourth-order valence-corrected chi connectivity index (χ4v) is 1.59. The zero-order valence-electron chi connectivity index (χ0n) is 7.01. The van der Waals surface area contributed by atoms with Crippen molar-refractivity contribution in [1.82, 2.24) is 0 Å². The van der Waals surface area contributed by atoms with E-state index in [0.29, 0.717) is 19.3 Å². The van der Waals surface area contributed by atoms with Crippen molar-refractivity contribution in [2.24, 2.45) is 5.92 Å². The Labute approximate surface area is 74.6 Å². The molecular formula is C7H11NO5. The lowest BCUT2D eigenvalue weighted by atomic mass is 9.87. The molecule has 0 spiro atoms. The van der Waals surface area contributed by atoms with Gasteiger partial charge in [-0.25, -0.2) is 0 Å². The van der Waals surface area contributed by atoms with Gasteiger partial charge in [-0.05, 0) is 19.3 Å². The Morgan fingerprint density at radius 3 is 2.77 bits per heavy atom. The molecule has 0 aliphatic heterocycles. The first kappa shape index (κ1) is 9.76. The third-order valence-electron chi connectivity index (χ3n) is 2.21. The van der Waals surface area contributed by atoms with Gasteiger partial charge in [0.15, 0.2) is 0 Å². The lowest BCUT2D eigenvalue weighted by Gasteiger charge is -2.24. The maximum absolute atomic E-state index is 10.6. The van der Waals surface area contributed by atoms with Crippen molar-refractivity contribution in [3.05, 3.63) is 10.1 Å². The molecule has 1 aliphatic rings. The second-order valence-electron chi connectivity index (χ2n) is 3.15. The van der Waals surface area contributed by atoms with Crippen molar-refractivity contribution in [2.45, 2.75) is 31.8 Å². The predicted octanol–water partition coefficient (Wildman–Crippen LogP) is 0.838. The molecule has 0 radical (unpaired) electrons. The van der Waals surface area contributed by atoms with Crippen LogP contribution in [-0.2, 0) is 9.63 Å². The number of carbonyl (C=O) groups is 1. The summed E-state index contributed by atoms with van der Waals surface area (Å²) in [5.41, 5.74) is 0. The molecule has 13 heavy (non-hydrogen) atoms. The van der Waals surface area contributed by atoms with Crippen LogP contribution in [0, 0.1) is 16.0 Å². The number of hydrogen-bond acceptors (Lipinski definition) is 4. The summed E-state index contributed by atoms with van der Waals surface area (Å²) in [5.74, 6) is -1.38. The molecule has 2 atom stereocenters. The van der Waals surface area contributed by atoms with E-state index in [1.54, 1.807) is 0 Å². The highest BCUT2D eigenvalue weighted by atomic mass is 17.0. The largest absolute Gasteiger partial charge is 0.481 e. The number of aliphatic carboxylic acids is 1. The van der Waals surface area contributed by atoms with Crippen LogP contribution in [0.3, 0.4) is 0 Å². The Balaban J connectivity index is 2.41. The van der Waals surface area contributed by atoms with Crippen LogP contribution in [0.25, 0.3) is 0 Å². The molecule has 0 aromatic rings. The van der Waals surface area contributed by atoms with E-state index >= 15 is 0 Å². The highest BCUT2D eigenvalue weighted by molar-refractivity contribution is 5.70. The van der Waals surface area contributed by atoms with Crippen molar-refractivity contribution in [3.8, 4) is 0 Å². The second kappa shape index (κ2) is 4.06. The summed E-state index contributed by atoms with van der Waals surface area (Å²) in [4.78, 5) is 24.9. The molecule has 1 fully saturated rings. The van der Waals surface area contributed by atoms with Gasteiger partial charge in [0.2, 0.25) is 0 Å². The van der Waals surface area contributed by atoms with E-state index in [1.165, 1.54) is 0 Å². The molecule has 6 nitrogen and oxygen atoms in total. The summed E-state index contributed by atoms with van der Waals surface area (Å²) >= 11 is 0. The molecule has 74 valence electrons. The molecule has 0 aromatic heterocycles. The zero-order chi connectivity index (χ0) is 9.84. The fraction of sp³-hybridized carbons (Fsp3) is 0.857. The van der Waals surface area contributed by atoms with Crippen molar-refractivity contribution in [3.63, 3.8) is 0 Å². The van der Waals surface area contributed by atoms with E-state index in [2.05, 4.69) is 4.84 Å². The summed E-state index contributed by atoms with van der Waals surface area (Å²) in [6.07, 6.45) is 1.55. The van der Waals surface area contributed by atoms with Gasteiger partial charge in [0.25, 0.3) is 5.09 Å². The lowest BCUT2D eigenvalue weighted by Crippen LogP contribution is -2.29. The topological polar surface area (TPSA) is 89.7 Å². The van der Waals surface area contributed by atoms with E-state index in [-0.39, 0.29) is 6.42 Å². The van der Waals surface area contributed by atoms with Crippen molar-refractivity contribution < 1.29 is 19.8 Å². The Hall–Kier alpha value is -1.33. The maximum Gasteiger partial charge on any atom is 0.306 e. The number of carboxylic acids is 1. The number of rotatable bonds is 3. The van der Waals surface area contributed by atoms with Gasteiger partial charge in [-0.2, -0.15) is 0 Å². The Kier molecular flexibility index (Phi) is 3.05. The van der Waals surface area contributed by atoms with Crippen LogP contribution in [-0.4, -0.2) is 22.3 Å². The Bertz CT molecular complexity index is 217. The lowest BCUT2D eigenvalue weighted by molar-refractivity contribution is -0.769. The molecule has 0 bridgehead atoms. The summed E-state index contributed by atoms with van der Waals surface area (Å²) < 4.78 is 0. The molecule has 1 N–H and O–H groups in total. The summed E-state index contributed by atoms with van der Waals surface area (Å²) in [6.45, 7) is 0. The molecule has 1 rings (SSSR count). The van der Waals surface area contributed by atoms with Crippen LogP contribution < -0.4 is 0 Å². The van der Waals surface area contributed by atoms with Crippen molar-refractivity contribution in [2.75, 3.05) is 0 Å². The van der Waals surface area contributed by atoms with Gasteiger partial charge in [-0.3, -0.25) is 4.79 Å². The van der Waals surface area contributed by atoms with Gasteiger partial charge < -0.3 is 9.94 Å². The van der Waals surface area contributed by atoms with E-state index in [9.17, 15) is 14.9 Å². The van der Waals surface area contributed by atoms with Crippen LogP contribution in [0.2, 0.25) is 0 Å². The predicted molar refractivity (Wildman–Crippen MR) is 41.5 cm³/mol. The monoisotopic (exact) mass is 189 g/mol. The van der Waals surface area contributed by atoms with Crippen LogP contribution in [0.1, 0.15) is 25.7 Å². The Morgan fingerprint density at radius 2 is 2.23 bits per heavy atom. The molecule has 0 amide bonds. The molecule has 2 unspecified atom stereocenters. The molecule has 0 aromatic carbocycles.